The van der Waals surface area contributed by atoms with Crippen molar-refractivity contribution in [3.63, 3.8) is 0 Å². The number of thiazole rings is 1. The van der Waals surface area contributed by atoms with Crippen molar-refractivity contribution in [2.24, 2.45) is 0 Å². The molecular formula is C20H12N2S2. The highest BCUT2D eigenvalue weighted by atomic mass is 32.1. The van der Waals surface area contributed by atoms with E-state index in [1.807, 2.05) is 47.2 Å². The highest BCUT2D eigenvalue weighted by Crippen LogP contribution is 2.32. The molecule has 0 amide bonds. The number of fused-ring (bicyclic) bond motifs is 1. The topological polar surface area (TPSA) is 36.7 Å². The number of benzene rings is 2. The molecule has 2 heterocycles. The molecule has 0 saturated heterocycles. The lowest BCUT2D eigenvalue weighted by Gasteiger charge is -2.03. The minimum Gasteiger partial charge on any atom is -0.235 e. The predicted octanol–water partition coefficient (Wildman–Crippen LogP) is 6.09. The Kier molecular flexibility index (Phi) is 3.96. The summed E-state index contributed by atoms with van der Waals surface area (Å²) in [6.07, 6.45) is 1.90. The van der Waals surface area contributed by atoms with Crippen LogP contribution >= 0.6 is 22.7 Å². The number of rotatable bonds is 3. The number of nitrogens with zero attached hydrogens (tertiary/aromatic N) is 2. The summed E-state index contributed by atoms with van der Waals surface area (Å²) in [7, 11) is 0. The Morgan fingerprint density at radius 1 is 1.00 bits per heavy atom. The molecule has 0 unspecified atom stereocenters. The number of nitriles is 1. The van der Waals surface area contributed by atoms with E-state index in [4.69, 9.17) is 4.98 Å². The third kappa shape index (κ3) is 2.76. The van der Waals surface area contributed by atoms with Gasteiger partial charge >= 0.3 is 0 Å². The SMILES string of the molecule is N#CC(=Cc1cccs1)c1nc(-c2cccc3ccccc23)cs1. The molecule has 24 heavy (non-hydrogen) atoms. The second-order valence-electron chi connectivity index (χ2n) is 5.25. The van der Waals surface area contributed by atoms with E-state index in [-0.39, 0.29) is 0 Å². The summed E-state index contributed by atoms with van der Waals surface area (Å²) < 4.78 is 0. The molecule has 2 aromatic carbocycles. The van der Waals surface area contributed by atoms with Crippen LogP contribution in [0.3, 0.4) is 0 Å². The van der Waals surface area contributed by atoms with Gasteiger partial charge in [0.15, 0.2) is 0 Å². The summed E-state index contributed by atoms with van der Waals surface area (Å²) in [6.45, 7) is 0. The van der Waals surface area contributed by atoms with Gasteiger partial charge in [-0.3, -0.25) is 0 Å². The first-order valence-electron chi connectivity index (χ1n) is 7.44. The second kappa shape index (κ2) is 6.40. The molecule has 0 aliphatic rings. The predicted molar refractivity (Wildman–Crippen MR) is 103 cm³/mol. The van der Waals surface area contributed by atoms with E-state index in [0.717, 1.165) is 21.1 Å². The van der Waals surface area contributed by atoms with Crippen molar-refractivity contribution in [2.45, 2.75) is 0 Å². The van der Waals surface area contributed by atoms with E-state index >= 15 is 0 Å². The molecule has 114 valence electrons. The summed E-state index contributed by atoms with van der Waals surface area (Å²) in [6, 6.07) is 20.8. The Bertz CT molecular complexity index is 1060. The van der Waals surface area contributed by atoms with E-state index in [1.165, 1.54) is 22.1 Å². The van der Waals surface area contributed by atoms with Gasteiger partial charge in [-0.2, -0.15) is 5.26 Å². The van der Waals surface area contributed by atoms with Gasteiger partial charge in [0.05, 0.1) is 11.3 Å². The van der Waals surface area contributed by atoms with Gasteiger partial charge in [0.25, 0.3) is 0 Å². The van der Waals surface area contributed by atoms with E-state index < -0.39 is 0 Å². The van der Waals surface area contributed by atoms with Crippen molar-refractivity contribution in [2.75, 3.05) is 0 Å². The first kappa shape index (κ1) is 14.8. The van der Waals surface area contributed by atoms with Gasteiger partial charge in [-0.25, -0.2) is 4.98 Å². The maximum atomic E-state index is 9.48. The molecule has 0 aliphatic carbocycles. The quantitative estimate of drug-likeness (QED) is 0.422. The van der Waals surface area contributed by atoms with Crippen molar-refractivity contribution in [3.05, 3.63) is 75.2 Å². The van der Waals surface area contributed by atoms with Gasteiger partial charge in [-0.05, 0) is 28.3 Å². The Morgan fingerprint density at radius 3 is 2.71 bits per heavy atom. The second-order valence-corrected chi connectivity index (χ2v) is 7.09. The number of aromatic nitrogens is 1. The minimum absolute atomic E-state index is 0.605. The minimum atomic E-state index is 0.605. The van der Waals surface area contributed by atoms with Crippen molar-refractivity contribution < 1.29 is 0 Å². The summed E-state index contributed by atoms with van der Waals surface area (Å²) in [5, 5.41) is 16.6. The molecule has 0 N–H and O–H groups in total. The first-order valence-corrected chi connectivity index (χ1v) is 9.20. The van der Waals surface area contributed by atoms with E-state index in [0.29, 0.717) is 5.57 Å². The number of hydrogen-bond donors (Lipinski definition) is 0. The van der Waals surface area contributed by atoms with Crippen LogP contribution < -0.4 is 0 Å². The Balaban J connectivity index is 1.78. The van der Waals surface area contributed by atoms with Crippen LogP contribution in [0.5, 0.6) is 0 Å². The van der Waals surface area contributed by atoms with Crippen LogP contribution in [-0.2, 0) is 0 Å². The van der Waals surface area contributed by atoms with Gasteiger partial charge in [0.2, 0.25) is 0 Å². The van der Waals surface area contributed by atoms with Crippen molar-refractivity contribution in [1.29, 1.82) is 5.26 Å². The smallest absolute Gasteiger partial charge is 0.134 e. The average Bonchev–Trinajstić information content (AvgIpc) is 3.31. The lowest BCUT2D eigenvalue weighted by atomic mass is 10.0. The Hall–Kier alpha value is -2.74. The fourth-order valence-corrected chi connectivity index (χ4v) is 4.07. The number of allylic oxidation sites excluding steroid dienone is 1. The summed E-state index contributed by atoms with van der Waals surface area (Å²) >= 11 is 3.13. The zero-order valence-corrected chi connectivity index (χ0v) is 14.3. The van der Waals surface area contributed by atoms with Gasteiger partial charge < -0.3 is 0 Å². The normalized spacial score (nSPS) is 11.5. The fourth-order valence-electron chi connectivity index (χ4n) is 2.63. The summed E-state index contributed by atoms with van der Waals surface area (Å²) in [5.41, 5.74) is 2.62. The van der Waals surface area contributed by atoms with Crippen molar-refractivity contribution >= 4 is 45.1 Å². The Morgan fingerprint density at radius 2 is 1.88 bits per heavy atom. The van der Waals surface area contributed by atoms with E-state index in [1.54, 1.807) is 11.3 Å². The number of hydrogen-bond acceptors (Lipinski definition) is 4. The molecule has 0 atom stereocenters. The highest BCUT2D eigenvalue weighted by molar-refractivity contribution is 7.12. The van der Waals surface area contributed by atoms with E-state index in [2.05, 4.69) is 30.3 Å². The highest BCUT2D eigenvalue weighted by Gasteiger charge is 2.11. The molecule has 2 aromatic heterocycles. The van der Waals surface area contributed by atoms with Gasteiger partial charge in [-0.15, -0.1) is 22.7 Å². The molecule has 2 nitrogen and oxygen atoms in total. The summed E-state index contributed by atoms with van der Waals surface area (Å²) in [5.74, 6) is 0. The largest absolute Gasteiger partial charge is 0.235 e. The van der Waals surface area contributed by atoms with Crippen molar-refractivity contribution in [1.82, 2.24) is 4.98 Å². The van der Waals surface area contributed by atoms with Crippen LogP contribution in [0.1, 0.15) is 9.88 Å². The third-order valence-electron chi connectivity index (χ3n) is 3.75. The zero-order valence-electron chi connectivity index (χ0n) is 12.6. The van der Waals surface area contributed by atoms with Crippen LogP contribution in [-0.4, -0.2) is 4.98 Å². The monoisotopic (exact) mass is 344 g/mol. The molecule has 0 spiro atoms. The van der Waals surface area contributed by atoms with Gasteiger partial charge in [-0.1, -0.05) is 48.5 Å². The molecule has 0 saturated carbocycles. The molecule has 0 bridgehead atoms. The van der Waals surface area contributed by atoms with Crippen LogP contribution in [0.15, 0.2) is 65.4 Å². The van der Waals surface area contributed by atoms with Crippen LogP contribution in [0.25, 0.3) is 33.7 Å². The molecule has 0 radical (unpaired) electrons. The third-order valence-corrected chi connectivity index (χ3v) is 5.45. The number of thiophene rings is 1. The maximum absolute atomic E-state index is 9.48. The molecule has 4 heteroatoms. The van der Waals surface area contributed by atoms with Gasteiger partial charge in [0.1, 0.15) is 11.1 Å². The molecular weight excluding hydrogens is 332 g/mol. The van der Waals surface area contributed by atoms with Crippen LogP contribution in [0.2, 0.25) is 0 Å². The van der Waals surface area contributed by atoms with Crippen molar-refractivity contribution in [3.8, 4) is 17.3 Å². The molecule has 4 aromatic rings. The molecule has 0 aliphatic heterocycles. The van der Waals surface area contributed by atoms with Crippen LogP contribution in [0.4, 0.5) is 0 Å². The van der Waals surface area contributed by atoms with Gasteiger partial charge in [0, 0.05) is 15.8 Å². The maximum Gasteiger partial charge on any atom is 0.134 e. The first-order chi connectivity index (χ1) is 11.8. The standard InChI is InChI=1S/C20H12N2S2/c21-12-15(11-16-7-4-10-23-16)20-22-19(13-24-20)18-9-3-6-14-5-1-2-8-17(14)18/h1-11,13H. The van der Waals surface area contributed by atoms with E-state index in [9.17, 15) is 5.26 Å². The van der Waals surface area contributed by atoms with Crippen LogP contribution in [0, 0.1) is 11.3 Å². The Labute approximate surface area is 148 Å². The lowest BCUT2D eigenvalue weighted by Crippen LogP contribution is -1.84. The average molecular weight is 344 g/mol. The zero-order chi connectivity index (χ0) is 16.4. The molecule has 4 rings (SSSR count). The lowest BCUT2D eigenvalue weighted by molar-refractivity contribution is 1.38. The summed E-state index contributed by atoms with van der Waals surface area (Å²) in [4.78, 5) is 5.78. The fraction of sp³-hybridized carbons (Fsp3) is 0. The molecule has 0 fully saturated rings.